The van der Waals surface area contributed by atoms with Gasteiger partial charge in [0.05, 0.1) is 11.4 Å². The predicted octanol–water partition coefficient (Wildman–Crippen LogP) is 13.5. The second-order valence-corrected chi connectivity index (χ2v) is 14.5. The van der Waals surface area contributed by atoms with Crippen molar-refractivity contribution in [3.63, 3.8) is 0 Å². The molecular formula is C52H33N5. The zero-order chi connectivity index (χ0) is 37.7. The Morgan fingerprint density at radius 1 is 0.298 bits per heavy atom. The van der Waals surface area contributed by atoms with Gasteiger partial charge in [-0.05, 0) is 127 Å². The quantitative estimate of drug-likeness (QED) is 0.160. The molecule has 0 spiro atoms. The molecular weight excluding hydrogens is 695 g/mol. The average Bonchev–Trinajstić information content (AvgIpc) is 3.29. The summed E-state index contributed by atoms with van der Waals surface area (Å²) in [6.45, 7) is 0. The Hall–Kier alpha value is -7.76. The van der Waals surface area contributed by atoms with Crippen molar-refractivity contribution >= 4 is 70.9 Å². The Balaban J connectivity index is 0.981. The number of anilines is 3. The molecule has 0 saturated heterocycles. The third kappa shape index (κ3) is 5.99. The van der Waals surface area contributed by atoms with Gasteiger partial charge < -0.3 is 4.90 Å². The standard InChI is InChI=1S/C52H33N5/c1-2-4-37-25-38(6-5-34(37)3-1)39-13-19-49-42(26-39)7-8-43-27-48(18-20-50(43)49)57(46-14-9-35(10-15-46)51-28-40-21-23-53-30-44(40)32-55-51)47-16-11-36(12-17-47)52-29-41-22-24-54-31-45(41)33-56-52/h1-33H. The zero-order valence-corrected chi connectivity index (χ0v) is 30.8. The molecule has 0 radical (unpaired) electrons. The molecule has 0 atom stereocenters. The first-order chi connectivity index (χ1) is 28.2. The fourth-order valence-corrected chi connectivity index (χ4v) is 8.03. The maximum atomic E-state index is 4.76. The highest BCUT2D eigenvalue weighted by Gasteiger charge is 2.16. The first-order valence-corrected chi connectivity index (χ1v) is 19.1. The molecule has 0 amide bonds. The number of hydrogen-bond acceptors (Lipinski definition) is 5. The highest BCUT2D eigenvalue weighted by molar-refractivity contribution is 6.09. The summed E-state index contributed by atoms with van der Waals surface area (Å²) >= 11 is 0. The fourth-order valence-electron chi connectivity index (χ4n) is 8.03. The SMILES string of the molecule is c1ccc2cc(-c3ccc4c(ccc5cc(N(c6ccc(-c7cc8ccncc8cn7)cc6)c6ccc(-c7cc8ccncc8cn7)cc6)ccc54)c3)ccc2c1. The maximum Gasteiger partial charge on any atom is 0.0708 e. The summed E-state index contributed by atoms with van der Waals surface area (Å²) in [6, 6.07) is 59.0. The van der Waals surface area contributed by atoms with E-state index in [4.69, 9.17) is 9.97 Å². The predicted molar refractivity (Wildman–Crippen MR) is 236 cm³/mol. The van der Waals surface area contributed by atoms with Crippen LogP contribution in [0.15, 0.2) is 201 Å². The summed E-state index contributed by atoms with van der Waals surface area (Å²) in [5.41, 5.74) is 9.57. The molecule has 0 saturated carbocycles. The lowest BCUT2D eigenvalue weighted by Gasteiger charge is -2.26. The van der Waals surface area contributed by atoms with E-state index in [2.05, 4.69) is 167 Å². The summed E-state index contributed by atoms with van der Waals surface area (Å²) < 4.78 is 0. The number of rotatable bonds is 6. The molecule has 266 valence electrons. The summed E-state index contributed by atoms with van der Waals surface area (Å²) in [5.74, 6) is 0. The van der Waals surface area contributed by atoms with Crippen molar-refractivity contribution in [1.82, 2.24) is 19.9 Å². The second-order valence-electron chi connectivity index (χ2n) is 14.5. The largest absolute Gasteiger partial charge is 0.310 e. The van der Waals surface area contributed by atoms with Gasteiger partial charge in [-0.2, -0.15) is 0 Å². The first kappa shape index (κ1) is 32.7. The van der Waals surface area contributed by atoms with Gasteiger partial charge in [-0.3, -0.25) is 19.9 Å². The third-order valence-electron chi connectivity index (χ3n) is 11.0. The monoisotopic (exact) mass is 727 g/mol. The van der Waals surface area contributed by atoms with E-state index in [-0.39, 0.29) is 0 Å². The molecule has 0 N–H and O–H groups in total. The van der Waals surface area contributed by atoms with Crippen molar-refractivity contribution in [2.75, 3.05) is 4.90 Å². The van der Waals surface area contributed by atoms with Gasteiger partial charge in [0.15, 0.2) is 0 Å². The van der Waals surface area contributed by atoms with Crippen LogP contribution < -0.4 is 4.90 Å². The Bertz CT molecular complexity index is 3180. The van der Waals surface area contributed by atoms with Crippen molar-refractivity contribution in [2.45, 2.75) is 0 Å². The number of pyridine rings is 4. The number of nitrogens with zero attached hydrogens (tertiary/aromatic N) is 5. The van der Waals surface area contributed by atoms with Gasteiger partial charge >= 0.3 is 0 Å². The van der Waals surface area contributed by atoms with E-state index in [1.165, 1.54) is 43.4 Å². The van der Waals surface area contributed by atoms with Gasteiger partial charge in [0, 0.05) is 76.1 Å². The molecule has 7 aromatic carbocycles. The van der Waals surface area contributed by atoms with Crippen LogP contribution in [0, 0.1) is 0 Å². The lowest BCUT2D eigenvalue weighted by molar-refractivity contribution is 1.28. The zero-order valence-electron chi connectivity index (χ0n) is 30.8. The molecule has 0 fully saturated rings. The van der Waals surface area contributed by atoms with Crippen LogP contribution in [0.1, 0.15) is 0 Å². The van der Waals surface area contributed by atoms with Crippen molar-refractivity contribution in [2.24, 2.45) is 0 Å². The molecule has 0 unspecified atom stereocenters. The van der Waals surface area contributed by atoms with E-state index in [0.29, 0.717) is 0 Å². The van der Waals surface area contributed by atoms with Gasteiger partial charge in [-0.15, -0.1) is 0 Å². The van der Waals surface area contributed by atoms with Crippen LogP contribution in [0.3, 0.4) is 0 Å². The third-order valence-corrected chi connectivity index (χ3v) is 11.0. The Morgan fingerprint density at radius 2 is 0.754 bits per heavy atom. The van der Waals surface area contributed by atoms with E-state index < -0.39 is 0 Å². The normalized spacial score (nSPS) is 11.5. The molecule has 11 rings (SSSR count). The Kier molecular flexibility index (Phi) is 7.74. The summed E-state index contributed by atoms with van der Waals surface area (Å²) in [7, 11) is 0. The van der Waals surface area contributed by atoms with Crippen molar-refractivity contribution in [3.8, 4) is 33.6 Å². The van der Waals surface area contributed by atoms with Crippen LogP contribution in [0.5, 0.6) is 0 Å². The lowest BCUT2D eigenvalue weighted by Crippen LogP contribution is -2.10. The van der Waals surface area contributed by atoms with Crippen molar-refractivity contribution in [3.05, 3.63) is 201 Å². The van der Waals surface area contributed by atoms with Crippen LogP contribution in [0.25, 0.3) is 87.5 Å². The Morgan fingerprint density at radius 3 is 1.37 bits per heavy atom. The highest BCUT2D eigenvalue weighted by Crippen LogP contribution is 2.40. The van der Waals surface area contributed by atoms with Crippen molar-refractivity contribution < 1.29 is 0 Å². The van der Waals surface area contributed by atoms with E-state index in [0.717, 1.165) is 61.1 Å². The lowest BCUT2D eigenvalue weighted by atomic mass is 9.96. The molecule has 4 aromatic heterocycles. The van der Waals surface area contributed by atoms with E-state index >= 15 is 0 Å². The molecule has 0 aliphatic rings. The average molecular weight is 728 g/mol. The number of fused-ring (bicyclic) bond motifs is 6. The highest BCUT2D eigenvalue weighted by atomic mass is 15.1. The number of benzene rings is 7. The molecule has 4 heterocycles. The van der Waals surface area contributed by atoms with Gasteiger partial charge in [-0.25, -0.2) is 0 Å². The van der Waals surface area contributed by atoms with E-state index in [1.807, 2.05) is 49.3 Å². The molecule has 0 aliphatic carbocycles. The van der Waals surface area contributed by atoms with Gasteiger partial charge in [-0.1, -0.05) is 91.0 Å². The summed E-state index contributed by atoms with van der Waals surface area (Å²) in [5, 5.41) is 11.7. The fraction of sp³-hybridized carbons (Fsp3) is 0. The van der Waals surface area contributed by atoms with Crippen LogP contribution in [0.4, 0.5) is 17.1 Å². The summed E-state index contributed by atoms with van der Waals surface area (Å²) in [6.07, 6.45) is 11.1. The van der Waals surface area contributed by atoms with Gasteiger partial charge in [0.25, 0.3) is 0 Å². The van der Waals surface area contributed by atoms with Crippen LogP contribution in [0.2, 0.25) is 0 Å². The molecule has 11 aromatic rings. The van der Waals surface area contributed by atoms with Gasteiger partial charge in [0.1, 0.15) is 0 Å². The first-order valence-electron chi connectivity index (χ1n) is 19.1. The molecule has 57 heavy (non-hydrogen) atoms. The van der Waals surface area contributed by atoms with E-state index in [1.54, 1.807) is 0 Å². The number of hydrogen-bond donors (Lipinski definition) is 0. The minimum absolute atomic E-state index is 0.927. The number of aromatic nitrogens is 4. The minimum Gasteiger partial charge on any atom is -0.310 e. The van der Waals surface area contributed by atoms with Gasteiger partial charge in [0.2, 0.25) is 0 Å². The van der Waals surface area contributed by atoms with Crippen LogP contribution in [-0.4, -0.2) is 19.9 Å². The minimum atomic E-state index is 0.927. The summed E-state index contributed by atoms with van der Waals surface area (Å²) in [4.78, 5) is 20.3. The second kappa shape index (κ2) is 13.5. The van der Waals surface area contributed by atoms with E-state index in [9.17, 15) is 0 Å². The van der Waals surface area contributed by atoms with Crippen LogP contribution >= 0.6 is 0 Å². The molecule has 0 aliphatic heterocycles. The maximum absolute atomic E-state index is 4.76. The molecule has 5 nitrogen and oxygen atoms in total. The van der Waals surface area contributed by atoms with Crippen molar-refractivity contribution in [1.29, 1.82) is 0 Å². The molecule has 5 heteroatoms. The van der Waals surface area contributed by atoms with Crippen LogP contribution in [-0.2, 0) is 0 Å². The Labute approximate surface area is 329 Å². The molecule has 0 bridgehead atoms. The smallest absolute Gasteiger partial charge is 0.0708 e. The topological polar surface area (TPSA) is 54.8 Å².